The predicted octanol–water partition coefficient (Wildman–Crippen LogP) is 2.52. The minimum absolute atomic E-state index is 0.00442. The molecule has 1 aromatic heterocycles. The van der Waals surface area contributed by atoms with Crippen molar-refractivity contribution in [1.82, 2.24) is 20.1 Å². The third-order valence-corrected chi connectivity index (χ3v) is 3.93. The van der Waals surface area contributed by atoms with E-state index < -0.39 is 17.5 Å². The number of nitrogens with one attached hydrogen (secondary N) is 2. The summed E-state index contributed by atoms with van der Waals surface area (Å²) in [6.45, 7) is 0.00442. The Morgan fingerprint density at radius 1 is 1.14 bits per heavy atom. The van der Waals surface area contributed by atoms with Crippen LogP contribution in [0.4, 0.5) is 14.5 Å². The number of hydrogen-bond donors (Lipinski definition) is 2. The van der Waals surface area contributed by atoms with Gasteiger partial charge in [-0.05, 0) is 24.3 Å². The number of nitrogens with zero attached hydrogens (tertiary/aromatic N) is 3. The number of carbonyl (C=O) groups is 2. The van der Waals surface area contributed by atoms with E-state index in [1.807, 2.05) is 13.1 Å². The highest BCUT2D eigenvalue weighted by Crippen LogP contribution is 2.20. The first-order valence-corrected chi connectivity index (χ1v) is 8.41. The van der Waals surface area contributed by atoms with Gasteiger partial charge in [-0.3, -0.25) is 9.59 Å². The van der Waals surface area contributed by atoms with Gasteiger partial charge in [0, 0.05) is 37.3 Å². The Balaban J connectivity index is 1.53. The van der Waals surface area contributed by atoms with Crippen LogP contribution in [0.25, 0.3) is 11.4 Å². The highest BCUT2D eigenvalue weighted by molar-refractivity contribution is 5.95. The Hall–Kier alpha value is -3.62. The molecule has 0 saturated heterocycles. The van der Waals surface area contributed by atoms with Crippen molar-refractivity contribution in [2.45, 2.75) is 6.42 Å². The number of halogens is 2. The van der Waals surface area contributed by atoms with E-state index in [1.165, 1.54) is 0 Å². The van der Waals surface area contributed by atoms with Crippen molar-refractivity contribution in [2.75, 3.05) is 11.9 Å². The maximum atomic E-state index is 13.6. The predicted molar refractivity (Wildman–Crippen MR) is 98.4 cm³/mol. The standard InChI is InChI=1S/C19H17F2N5O2/c1-26-11-23-25-18(26)12-3-2-4-14(9-12)24-17(27)7-8-22-19(28)15-6-5-13(20)10-16(15)21/h2-6,9-11H,7-8H2,1H3,(H,22,28)(H,24,27). The average Bonchev–Trinajstić information content (AvgIpc) is 3.07. The number of anilines is 1. The normalized spacial score (nSPS) is 10.5. The Morgan fingerprint density at radius 3 is 2.68 bits per heavy atom. The van der Waals surface area contributed by atoms with Crippen LogP contribution in [0.15, 0.2) is 48.8 Å². The second-order valence-electron chi connectivity index (χ2n) is 6.02. The monoisotopic (exact) mass is 385 g/mol. The van der Waals surface area contributed by atoms with Crippen LogP contribution >= 0.6 is 0 Å². The van der Waals surface area contributed by atoms with Crippen LogP contribution in [-0.2, 0) is 11.8 Å². The molecular weight excluding hydrogens is 368 g/mol. The highest BCUT2D eigenvalue weighted by Gasteiger charge is 2.13. The van der Waals surface area contributed by atoms with E-state index >= 15 is 0 Å². The molecule has 0 unspecified atom stereocenters. The summed E-state index contributed by atoms with van der Waals surface area (Å²) >= 11 is 0. The molecule has 2 N–H and O–H groups in total. The minimum atomic E-state index is -0.956. The van der Waals surface area contributed by atoms with Crippen LogP contribution in [0.3, 0.4) is 0 Å². The van der Waals surface area contributed by atoms with Gasteiger partial charge in [0.1, 0.15) is 18.0 Å². The van der Waals surface area contributed by atoms with E-state index in [-0.39, 0.29) is 24.4 Å². The second kappa shape index (κ2) is 8.38. The first-order chi connectivity index (χ1) is 13.4. The molecule has 144 valence electrons. The average molecular weight is 385 g/mol. The minimum Gasteiger partial charge on any atom is -0.351 e. The molecule has 0 radical (unpaired) electrons. The quantitative estimate of drug-likeness (QED) is 0.682. The maximum Gasteiger partial charge on any atom is 0.254 e. The third kappa shape index (κ3) is 4.56. The largest absolute Gasteiger partial charge is 0.351 e. The van der Waals surface area contributed by atoms with Gasteiger partial charge in [-0.2, -0.15) is 0 Å². The van der Waals surface area contributed by atoms with Gasteiger partial charge in [0.05, 0.1) is 5.56 Å². The summed E-state index contributed by atoms with van der Waals surface area (Å²) in [5.41, 5.74) is 1.08. The third-order valence-electron chi connectivity index (χ3n) is 3.93. The summed E-state index contributed by atoms with van der Waals surface area (Å²) in [5.74, 6) is -2.10. The molecule has 0 aliphatic rings. The van der Waals surface area contributed by atoms with Crippen molar-refractivity contribution in [1.29, 1.82) is 0 Å². The Bertz CT molecular complexity index is 1020. The van der Waals surface area contributed by atoms with E-state index in [4.69, 9.17) is 0 Å². The van der Waals surface area contributed by atoms with Crippen molar-refractivity contribution < 1.29 is 18.4 Å². The highest BCUT2D eigenvalue weighted by atomic mass is 19.1. The number of amides is 2. The summed E-state index contributed by atoms with van der Waals surface area (Å²) in [6.07, 6.45) is 1.57. The van der Waals surface area contributed by atoms with E-state index in [2.05, 4.69) is 20.8 Å². The molecule has 0 fully saturated rings. The lowest BCUT2D eigenvalue weighted by molar-refractivity contribution is -0.116. The fourth-order valence-corrected chi connectivity index (χ4v) is 2.56. The molecule has 2 amide bonds. The van der Waals surface area contributed by atoms with Gasteiger partial charge in [0.2, 0.25) is 5.91 Å². The number of aryl methyl sites for hydroxylation is 1. The number of carbonyl (C=O) groups excluding carboxylic acids is 2. The summed E-state index contributed by atoms with van der Waals surface area (Å²) in [7, 11) is 1.81. The molecule has 0 aliphatic carbocycles. The van der Waals surface area contributed by atoms with Gasteiger partial charge in [-0.1, -0.05) is 12.1 Å². The molecule has 9 heteroatoms. The van der Waals surface area contributed by atoms with Crippen LogP contribution in [0, 0.1) is 11.6 Å². The van der Waals surface area contributed by atoms with Crippen molar-refractivity contribution >= 4 is 17.5 Å². The first-order valence-electron chi connectivity index (χ1n) is 8.41. The fraction of sp³-hybridized carbons (Fsp3) is 0.158. The van der Waals surface area contributed by atoms with E-state index in [0.717, 1.165) is 17.7 Å². The van der Waals surface area contributed by atoms with Crippen LogP contribution in [0.2, 0.25) is 0 Å². The van der Waals surface area contributed by atoms with Crippen LogP contribution in [0.5, 0.6) is 0 Å². The van der Waals surface area contributed by atoms with Gasteiger partial charge in [-0.15, -0.1) is 10.2 Å². The SMILES string of the molecule is Cn1cnnc1-c1cccc(NC(=O)CCNC(=O)c2ccc(F)cc2F)c1. The molecular formula is C19H17F2N5O2. The molecule has 0 bridgehead atoms. The molecule has 1 heterocycles. The molecule has 0 spiro atoms. The molecule has 28 heavy (non-hydrogen) atoms. The molecule has 3 rings (SSSR count). The number of hydrogen-bond acceptors (Lipinski definition) is 4. The van der Waals surface area contributed by atoms with Crippen LogP contribution in [0.1, 0.15) is 16.8 Å². The van der Waals surface area contributed by atoms with Gasteiger partial charge in [0.15, 0.2) is 5.82 Å². The number of benzene rings is 2. The Morgan fingerprint density at radius 2 is 1.96 bits per heavy atom. The number of rotatable bonds is 6. The van der Waals surface area contributed by atoms with Crippen molar-refractivity contribution in [2.24, 2.45) is 7.05 Å². The van der Waals surface area contributed by atoms with E-state index in [9.17, 15) is 18.4 Å². The van der Waals surface area contributed by atoms with Crippen LogP contribution in [-0.4, -0.2) is 33.1 Å². The Labute approximate surface area is 159 Å². The van der Waals surface area contributed by atoms with Crippen molar-refractivity contribution in [3.63, 3.8) is 0 Å². The molecule has 0 saturated carbocycles. The topological polar surface area (TPSA) is 88.9 Å². The second-order valence-corrected chi connectivity index (χ2v) is 6.02. The maximum absolute atomic E-state index is 13.6. The Kier molecular flexibility index (Phi) is 5.73. The fourth-order valence-electron chi connectivity index (χ4n) is 2.56. The van der Waals surface area contributed by atoms with Crippen LogP contribution < -0.4 is 10.6 Å². The summed E-state index contributed by atoms with van der Waals surface area (Å²) in [6, 6.07) is 9.78. The molecule has 0 atom stereocenters. The molecule has 7 nitrogen and oxygen atoms in total. The lowest BCUT2D eigenvalue weighted by atomic mass is 10.2. The van der Waals surface area contributed by atoms with E-state index in [0.29, 0.717) is 17.6 Å². The zero-order valence-electron chi connectivity index (χ0n) is 14.9. The van der Waals surface area contributed by atoms with Gasteiger partial charge in [0.25, 0.3) is 5.91 Å². The lowest BCUT2D eigenvalue weighted by Gasteiger charge is -2.09. The summed E-state index contributed by atoms with van der Waals surface area (Å²) in [5, 5.41) is 13.0. The zero-order valence-corrected chi connectivity index (χ0v) is 14.9. The van der Waals surface area contributed by atoms with Crippen molar-refractivity contribution in [3.8, 4) is 11.4 Å². The molecule has 2 aromatic carbocycles. The zero-order chi connectivity index (χ0) is 20.1. The molecule has 0 aliphatic heterocycles. The number of aromatic nitrogens is 3. The summed E-state index contributed by atoms with van der Waals surface area (Å²) < 4.78 is 28.2. The smallest absolute Gasteiger partial charge is 0.254 e. The van der Waals surface area contributed by atoms with Crippen molar-refractivity contribution in [3.05, 3.63) is 66.0 Å². The van der Waals surface area contributed by atoms with Gasteiger partial charge < -0.3 is 15.2 Å². The summed E-state index contributed by atoms with van der Waals surface area (Å²) in [4.78, 5) is 24.0. The molecule has 3 aromatic rings. The van der Waals surface area contributed by atoms with Gasteiger partial charge >= 0.3 is 0 Å². The van der Waals surface area contributed by atoms with Gasteiger partial charge in [-0.25, -0.2) is 8.78 Å². The van der Waals surface area contributed by atoms with E-state index in [1.54, 1.807) is 29.1 Å². The lowest BCUT2D eigenvalue weighted by Crippen LogP contribution is -2.28. The first kappa shape index (κ1) is 19.2.